The first kappa shape index (κ1) is 14.3. The monoisotopic (exact) mass is 277 g/mol. The lowest BCUT2D eigenvalue weighted by Gasteiger charge is -2.33. The third-order valence-electron chi connectivity index (χ3n) is 3.35. The summed E-state index contributed by atoms with van der Waals surface area (Å²) in [5.74, 6) is 0. The van der Waals surface area contributed by atoms with Gasteiger partial charge in [0.1, 0.15) is 0 Å². The Morgan fingerprint density at radius 3 is 2.47 bits per heavy atom. The molecule has 3 nitrogen and oxygen atoms in total. The number of rotatable bonds is 2. The summed E-state index contributed by atoms with van der Waals surface area (Å²) in [6.07, 6.45) is 2.89. The largest absolute Gasteiger partial charge is 0.329 e. The van der Waals surface area contributed by atoms with E-state index in [4.69, 9.17) is 12.2 Å². The predicted molar refractivity (Wildman–Crippen MR) is 83.0 cm³/mol. The Kier molecular flexibility index (Phi) is 3.33. The summed E-state index contributed by atoms with van der Waals surface area (Å²) in [5, 5.41) is 0. The fourth-order valence-electron chi connectivity index (χ4n) is 3.07. The maximum atomic E-state index is 5.52. The van der Waals surface area contributed by atoms with Gasteiger partial charge in [-0.1, -0.05) is 20.8 Å². The number of fused-ring (bicyclic) bond motifs is 1. The van der Waals surface area contributed by atoms with E-state index in [9.17, 15) is 0 Å². The van der Waals surface area contributed by atoms with Crippen LogP contribution >= 0.6 is 12.2 Å². The van der Waals surface area contributed by atoms with Gasteiger partial charge in [-0.2, -0.15) is 0 Å². The van der Waals surface area contributed by atoms with Crippen LogP contribution in [0.25, 0.3) is 11.2 Å². The SMILES string of the molecule is Cc1ccnc2c1[nH]c(=S)n2C(C)(C)CC(C)(C)C. The molecular weight excluding hydrogens is 254 g/mol. The van der Waals surface area contributed by atoms with Gasteiger partial charge in [-0.3, -0.25) is 4.57 Å². The predicted octanol–water partition coefficient (Wildman–Crippen LogP) is 4.57. The van der Waals surface area contributed by atoms with Gasteiger partial charge in [-0.25, -0.2) is 4.98 Å². The summed E-state index contributed by atoms with van der Waals surface area (Å²) >= 11 is 5.52. The van der Waals surface area contributed by atoms with E-state index in [0.717, 1.165) is 22.4 Å². The Morgan fingerprint density at radius 1 is 1.26 bits per heavy atom. The van der Waals surface area contributed by atoms with Crippen LogP contribution in [-0.4, -0.2) is 14.5 Å². The van der Waals surface area contributed by atoms with E-state index in [1.54, 1.807) is 0 Å². The fourth-order valence-corrected chi connectivity index (χ4v) is 3.50. The van der Waals surface area contributed by atoms with E-state index in [0.29, 0.717) is 0 Å². The maximum Gasteiger partial charge on any atom is 0.179 e. The zero-order chi connectivity index (χ0) is 14.4. The van der Waals surface area contributed by atoms with Crippen LogP contribution in [-0.2, 0) is 5.54 Å². The first-order valence-electron chi connectivity index (χ1n) is 6.69. The summed E-state index contributed by atoms with van der Waals surface area (Å²) in [7, 11) is 0. The third-order valence-corrected chi connectivity index (χ3v) is 3.64. The van der Waals surface area contributed by atoms with Gasteiger partial charge in [-0.15, -0.1) is 0 Å². The van der Waals surface area contributed by atoms with Crippen molar-refractivity contribution >= 4 is 23.4 Å². The molecule has 0 aliphatic rings. The van der Waals surface area contributed by atoms with E-state index in [2.05, 4.69) is 56.1 Å². The lowest BCUT2D eigenvalue weighted by atomic mass is 9.81. The maximum absolute atomic E-state index is 5.52. The molecule has 0 amide bonds. The number of pyridine rings is 1. The second-order valence-electron chi connectivity index (χ2n) is 7.14. The summed E-state index contributed by atoms with van der Waals surface area (Å²) in [4.78, 5) is 7.83. The highest BCUT2D eigenvalue weighted by Crippen LogP contribution is 2.34. The molecule has 2 aromatic heterocycles. The normalized spacial score (nSPS) is 13.2. The molecule has 0 bridgehead atoms. The minimum Gasteiger partial charge on any atom is -0.329 e. The molecule has 2 rings (SSSR count). The standard InChI is InChI=1S/C15H23N3S/c1-10-7-8-16-12-11(10)17-13(19)18(12)15(5,6)9-14(2,3)4/h7-8H,9H2,1-6H3,(H,17,19). The van der Waals surface area contributed by atoms with Gasteiger partial charge in [0.25, 0.3) is 0 Å². The van der Waals surface area contributed by atoms with Crippen molar-refractivity contribution in [2.45, 2.75) is 53.5 Å². The van der Waals surface area contributed by atoms with E-state index >= 15 is 0 Å². The number of H-pyrrole nitrogens is 1. The molecule has 2 heterocycles. The summed E-state index contributed by atoms with van der Waals surface area (Å²) in [5.41, 5.74) is 3.37. The van der Waals surface area contributed by atoms with Crippen LogP contribution in [0.5, 0.6) is 0 Å². The minimum absolute atomic E-state index is 0.0611. The molecule has 0 spiro atoms. The lowest BCUT2D eigenvalue weighted by molar-refractivity contribution is 0.217. The Bertz CT molecular complexity index is 656. The minimum atomic E-state index is -0.0611. The van der Waals surface area contributed by atoms with Crippen molar-refractivity contribution in [3.05, 3.63) is 22.6 Å². The van der Waals surface area contributed by atoms with Crippen molar-refractivity contribution in [3.63, 3.8) is 0 Å². The smallest absolute Gasteiger partial charge is 0.179 e. The summed E-state index contributed by atoms with van der Waals surface area (Å²) < 4.78 is 2.92. The second-order valence-corrected chi connectivity index (χ2v) is 7.53. The first-order valence-corrected chi connectivity index (χ1v) is 7.09. The van der Waals surface area contributed by atoms with Crippen molar-refractivity contribution in [2.75, 3.05) is 0 Å². The Balaban J connectivity index is 2.66. The quantitative estimate of drug-likeness (QED) is 0.816. The molecule has 0 fully saturated rings. The van der Waals surface area contributed by atoms with Gasteiger partial charge < -0.3 is 4.98 Å². The van der Waals surface area contributed by atoms with Crippen LogP contribution < -0.4 is 0 Å². The van der Waals surface area contributed by atoms with E-state index in [1.165, 1.54) is 5.56 Å². The summed E-state index contributed by atoms with van der Waals surface area (Å²) in [6.45, 7) is 13.3. The number of hydrogen-bond donors (Lipinski definition) is 1. The molecule has 104 valence electrons. The molecule has 2 aromatic rings. The van der Waals surface area contributed by atoms with Crippen molar-refractivity contribution < 1.29 is 0 Å². The lowest BCUT2D eigenvalue weighted by Crippen LogP contribution is -2.31. The molecule has 4 heteroatoms. The topological polar surface area (TPSA) is 33.6 Å². The number of aromatic nitrogens is 3. The van der Waals surface area contributed by atoms with Gasteiger partial charge in [0.15, 0.2) is 10.4 Å². The first-order chi connectivity index (χ1) is 8.62. The highest BCUT2D eigenvalue weighted by atomic mass is 32.1. The molecular formula is C15H23N3S. The van der Waals surface area contributed by atoms with Gasteiger partial charge in [-0.05, 0) is 56.5 Å². The average molecular weight is 277 g/mol. The molecule has 19 heavy (non-hydrogen) atoms. The molecule has 0 atom stereocenters. The van der Waals surface area contributed by atoms with Crippen LogP contribution in [0, 0.1) is 17.1 Å². The Morgan fingerprint density at radius 2 is 1.89 bits per heavy atom. The second kappa shape index (κ2) is 4.44. The van der Waals surface area contributed by atoms with E-state index < -0.39 is 0 Å². The summed E-state index contributed by atoms with van der Waals surface area (Å²) in [6, 6.07) is 2.01. The van der Waals surface area contributed by atoms with Crippen LogP contribution in [0.2, 0.25) is 0 Å². The molecule has 0 aromatic carbocycles. The number of nitrogens with zero attached hydrogens (tertiary/aromatic N) is 2. The number of aromatic amines is 1. The van der Waals surface area contributed by atoms with Crippen molar-refractivity contribution in [3.8, 4) is 0 Å². The highest BCUT2D eigenvalue weighted by molar-refractivity contribution is 7.71. The molecule has 0 aliphatic heterocycles. The molecule has 0 saturated carbocycles. The van der Waals surface area contributed by atoms with Crippen molar-refractivity contribution in [1.82, 2.24) is 14.5 Å². The van der Waals surface area contributed by atoms with Crippen LogP contribution in [0.3, 0.4) is 0 Å². The van der Waals surface area contributed by atoms with Crippen molar-refractivity contribution in [1.29, 1.82) is 0 Å². The van der Waals surface area contributed by atoms with E-state index in [1.807, 2.05) is 12.3 Å². The average Bonchev–Trinajstić information content (AvgIpc) is 2.52. The highest BCUT2D eigenvalue weighted by Gasteiger charge is 2.29. The van der Waals surface area contributed by atoms with Crippen LogP contribution in [0.15, 0.2) is 12.3 Å². The zero-order valence-corrected chi connectivity index (χ0v) is 13.5. The van der Waals surface area contributed by atoms with Gasteiger partial charge in [0.2, 0.25) is 0 Å². The van der Waals surface area contributed by atoms with Crippen LogP contribution in [0.4, 0.5) is 0 Å². The van der Waals surface area contributed by atoms with Crippen molar-refractivity contribution in [2.24, 2.45) is 5.41 Å². The van der Waals surface area contributed by atoms with Crippen LogP contribution in [0.1, 0.15) is 46.6 Å². The van der Waals surface area contributed by atoms with Gasteiger partial charge >= 0.3 is 0 Å². The number of nitrogens with one attached hydrogen (secondary N) is 1. The molecule has 0 aliphatic carbocycles. The molecule has 0 unspecified atom stereocenters. The Hall–Kier alpha value is -1.16. The van der Waals surface area contributed by atoms with E-state index in [-0.39, 0.29) is 11.0 Å². The third kappa shape index (κ3) is 2.73. The zero-order valence-electron chi connectivity index (χ0n) is 12.7. The fraction of sp³-hybridized carbons (Fsp3) is 0.600. The van der Waals surface area contributed by atoms with Gasteiger partial charge in [0.05, 0.1) is 5.52 Å². The number of hydrogen-bond acceptors (Lipinski definition) is 2. The number of aryl methyl sites for hydroxylation is 1. The molecule has 1 N–H and O–H groups in total. The Labute approximate surface area is 120 Å². The van der Waals surface area contributed by atoms with Gasteiger partial charge in [0, 0.05) is 11.7 Å². The number of imidazole rings is 1. The molecule has 0 radical (unpaired) electrons. The molecule has 0 saturated heterocycles.